The zero-order chi connectivity index (χ0) is 14.1. The highest BCUT2D eigenvalue weighted by Gasteiger charge is 2.10. The largest absolute Gasteiger partial charge is 0.435 e. The fourth-order valence-electron chi connectivity index (χ4n) is 2.09. The Morgan fingerprint density at radius 2 is 1.75 bits per heavy atom. The Bertz CT molecular complexity index is 738. The number of benzene rings is 2. The molecule has 2 aromatic carbocycles. The Morgan fingerprint density at radius 1 is 1.05 bits per heavy atom. The van der Waals surface area contributed by atoms with E-state index in [0.29, 0.717) is 5.95 Å². The standard InChI is InChI=1S/C14H11F2N3O/c15-13(16)20-10-7-5-9(6-8-10)19-12-4-2-1-3-11(12)18-14(19)17/h1-8,13H,(H2,17,18). The average Bonchev–Trinajstić information content (AvgIpc) is 2.75. The molecule has 0 bridgehead atoms. The molecule has 0 atom stereocenters. The number of aromatic nitrogens is 2. The second-order valence-electron chi connectivity index (χ2n) is 4.17. The van der Waals surface area contributed by atoms with Gasteiger partial charge in [0.15, 0.2) is 0 Å². The second-order valence-corrected chi connectivity index (χ2v) is 4.17. The number of anilines is 1. The number of rotatable bonds is 3. The van der Waals surface area contributed by atoms with Gasteiger partial charge in [0, 0.05) is 5.69 Å². The Hall–Kier alpha value is -2.63. The van der Waals surface area contributed by atoms with Crippen LogP contribution >= 0.6 is 0 Å². The number of alkyl halides is 2. The summed E-state index contributed by atoms with van der Waals surface area (Å²) < 4.78 is 30.3. The van der Waals surface area contributed by atoms with Gasteiger partial charge in [-0.1, -0.05) is 12.1 Å². The molecule has 4 nitrogen and oxygen atoms in total. The summed E-state index contributed by atoms with van der Waals surface area (Å²) in [6.07, 6.45) is 0. The van der Waals surface area contributed by atoms with E-state index in [2.05, 4.69) is 9.72 Å². The summed E-state index contributed by atoms with van der Waals surface area (Å²) in [7, 11) is 0. The van der Waals surface area contributed by atoms with Crippen LogP contribution in [0.3, 0.4) is 0 Å². The normalized spacial score (nSPS) is 11.2. The monoisotopic (exact) mass is 275 g/mol. The molecule has 20 heavy (non-hydrogen) atoms. The van der Waals surface area contributed by atoms with Crippen LogP contribution in [0.25, 0.3) is 16.7 Å². The predicted molar refractivity (Wildman–Crippen MR) is 72.1 cm³/mol. The lowest BCUT2D eigenvalue weighted by atomic mass is 10.2. The van der Waals surface area contributed by atoms with Gasteiger partial charge >= 0.3 is 6.61 Å². The first-order valence-electron chi connectivity index (χ1n) is 5.93. The van der Waals surface area contributed by atoms with Crippen molar-refractivity contribution in [2.45, 2.75) is 6.61 Å². The quantitative estimate of drug-likeness (QED) is 0.798. The van der Waals surface area contributed by atoms with Crippen molar-refractivity contribution in [3.05, 3.63) is 48.5 Å². The molecule has 0 fully saturated rings. The number of nitrogen functional groups attached to an aromatic ring is 1. The van der Waals surface area contributed by atoms with Crippen LogP contribution in [0.15, 0.2) is 48.5 Å². The van der Waals surface area contributed by atoms with Crippen molar-refractivity contribution in [1.82, 2.24) is 9.55 Å². The van der Waals surface area contributed by atoms with Crippen molar-refractivity contribution in [3.8, 4) is 11.4 Å². The minimum absolute atomic E-state index is 0.103. The molecular formula is C14H11F2N3O. The van der Waals surface area contributed by atoms with Crippen LogP contribution in [0.2, 0.25) is 0 Å². The van der Waals surface area contributed by atoms with Crippen molar-refractivity contribution in [2.75, 3.05) is 5.73 Å². The number of nitrogens with two attached hydrogens (primary N) is 1. The van der Waals surface area contributed by atoms with E-state index >= 15 is 0 Å². The minimum atomic E-state index is -2.83. The summed E-state index contributed by atoms with van der Waals surface area (Å²) in [5, 5.41) is 0. The van der Waals surface area contributed by atoms with Crippen molar-refractivity contribution in [3.63, 3.8) is 0 Å². The van der Waals surface area contributed by atoms with Crippen LogP contribution in [0, 0.1) is 0 Å². The van der Waals surface area contributed by atoms with E-state index in [1.54, 1.807) is 16.7 Å². The number of hydrogen-bond acceptors (Lipinski definition) is 3. The van der Waals surface area contributed by atoms with E-state index in [-0.39, 0.29) is 5.75 Å². The third kappa shape index (κ3) is 2.16. The molecule has 1 aromatic heterocycles. The van der Waals surface area contributed by atoms with Crippen molar-refractivity contribution >= 4 is 17.0 Å². The molecule has 0 amide bonds. The molecule has 3 aromatic rings. The van der Waals surface area contributed by atoms with Gasteiger partial charge in [-0.05, 0) is 36.4 Å². The molecule has 0 radical (unpaired) electrons. The fraction of sp³-hybridized carbons (Fsp3) is 0.0714. The number of nitrogens with zero attached hydrogens (tertiary/aromatic N) is 2. The molecular weight excluding hydrogens is 264 g/mol. The number of para-hydroxylation sites is 2. The van der Waals surface area contributed by atoms with Gasteiger partial charge in [-0.3, -0.25) is 4.57 Å². The number of hydrogen-bond donors (Lipinski definition) is 1. The topological polar surface area (TPSA) is 53.1 Å². The molecule has 1 heterocycles. The Balaban J connectivity index is 2.05. The highest BCUT2D eigenvalue weighted by Crippen LogP contribution is 2.24. The molecule has 0 spiro atoms. The highest BCUT2D eigenvalue weighted by atomic mass is 19.3. The van der Waals surface area contributed by atoms with Gasteiger partial charge in [0.1, 0.15) is 5.75 Å². The van der Waals surface area contributed by atoms with Gasteiger partial charge in [-0.15, -0.1) is 0 Å². The van der Waals surface area contributed by atoms with Gasteiger partial charge in [-0.25, -0.2) is 4.98 Å². The maximum absolute atomic E-state index is 12.1. The zero-order valence-electron chi connectivity index (χ0n) is 10.3. The molecule has 2 N–H and O–H groups in total. The Kier molecular flexibility index (Phi) is 2.98. The van der Waals surface area contributed by atoms with E-state index in [0.717, 1.165) is 16.7 Å². The van der Waals surface area contributed by atoms with Gasteiger partial charge in [-0.2, -0.15) is 8.78 Å². The first kappa shape index (κ1) is 12.4. The number of halogens is 2. The van der Waals surface area contributed by atoms with E-state index in [9.17, 15) is 8.78 Å². The SMILES string of the molecule is Nc1nc2ccccc2n1-c1ccc(OC(F)F)cc1. The molecule has 3 rings (SSSR count). The van der Waals surface area contributed by atoms with Crippen molar-refractivity contribution in [2.24, 2.45) is 0 Å². The number of fused-ring (bicyclic) bond motifs is 1. The lowest BCUT2D eigenvalue weighted by molar-refractivity contribution is -0.0498. The minimum Gasteiger partial charge on any atom is -0.435 e. The summed E-state index contributed by atoms with van der Waals surface area (Å²) in [5.74, 6) is 0.445. The summed E-state index contributed by atoms with van der Waals surface area (Å²) >= 11 is 0. The smallest absolute Gasteiger partial charge is 0.387 e. The zero-order valence-corrected chi connectivity index (χ0v) is 10.3. The number of ether oxygens (including phenoxy) is 1. The average molecular weight is 275 g/mol. The van der Waals surface area contributed by atoms with Gasteiger partial charge < -0.3 is 10.5 Å². The summed E-state index contributed by atoms with van der Waals surface area (Å²) in [6, 6.07) is 13.8. The van der Waals surface area contributed by atoms with Crippen LogP contribution in [0.1, 0.15) is 0 Å². The fourth-order valence-corrected chi connectivity index (χ4v) is 2.09. The number of imidazole rings is 1. The van der Waals surface area contributed by atoms with Gasteiger partial charge in [0.2, 0.25) is 5.95 Å². The third-order valence-corrected chi connectivity index (χ3v) is 2.91. The molecule has 6 heteroatoms. The molecule has 0 unspecified atom stereocenters. The maximum atomic E-state index is 12.1. The van der Waals surface area contributed by atoms with Crippen LogP contribution in [-0.2, 0) is 0 Å². The second kappa shape index (κ2) is 4.80. The maximum Gasteiger partial charge on any atom is 0.387 e. The van der Waals surface area contributed by atoms with Crippen LogP contribution in [0.4, 0.5) is 14.7 Å². The molecule has 102 valence electrons. The van der Waals surface area contributed by atoms with Crippen LogP contribution in [0.5, 0.6) is 5.75 Å². The molecule has 0 saturated heterocycles. The predicted octanol–water partition coefficient (Wildman–Crippen LogP) is 3.21. The molecule has 0 aliphatic heterocycles. The first-order valence-corrected chi connectivity index (χ1v) is 5.93. The molecule has 0 aliphatic carbocycles. The Morgan fingerprint density at radius 3 is 2.45 bits per heavy atom. The van der Waals surface area contributed by atoms with Gasteiger partial charge in [0.25, 0.3) is 0 Å². The van der Waals surface area contributed by atoms with Crippen LogP contribution in [-0.4, -0.2) is 16.2 Å². The summed E-state index contributed by atoms with van der Waals surface area (Å²) in [4.78, 5) is 4.25. The van der Waals surface area contributed by atoms with Crippen molar-refractivity contribution < 1.29 is 13.5 Å². The van der Waals surface area contributed by atoms with E-state index in [4.69, 9.17) is 5.73 Å². The van der Waals surface area contributed by atoms with Crippen LogP contribution < -0.4 is 10.5 Å². The van der Waals surface area contributed by atoms with E-state index in [1.165, 1.54) is 12.1 Å². The van der Waals surface area contributed by atoms with Gasteiger partial charge in [0.05, 0.1) is 11.0 Å². The van der Waals surface area contributed by atoms with E-state index in [1.807, 2.05) is 24.3 Å². The summed E-state index contributed by atoms with van der Waals surface area (Å²) in [5.41, 5.74) is 8.27. The Labute approximate surface area is 113 Å². The van der Waals surface area contributed by atoms with Crippen molar-refractivity contribution in [1.29, 1.82) is 0 Å². The third-order valence-electron chi connectivity index (χ3n) is 2.91. The summed E-state index contributed by atoms with van der Waals surface area (Å²) in [6.45, 7) is -2.83. The molecule has 0 saturated carbocycles. The lowest BCUT2D eigenvalue weighted by Gasteiger charge is -2.08. The first-order chi connectivity index (χ1) is 9.65. The lowest BCUT2D eigenvalue weighted by Crippen LogP contribution is -2.03. The van der Waals surface area contributed by atoms with E-state index < -0.39 is 6.61 Å². The molecule has 0 aliphatic rings. The highest BCUT2D eigenvalue weighted by molar-refractivity contribution is 5.80.